The van der Waals surface area contributed by atoms with E-state index in [2.05, 4.69) is 0 Å². The Morgan fingerprint density at radius 2 is 1.52 bits per heavy atom. The number of methoxy groups -OCH3 is 2. The van der Waals surface area contributed by atoms with Gasteiger partial charge in [0.15, 0.2) is 16.9 Å². The predicted octanol–water partition coefficient (Wildman–Crippen LogP) is 5.97. The van der Waals surface area contributed by atoms with Gasteiger partial charge in [-0.25, -0.2) is 4.79 Å². The summed E-state index contributed by atoms with van der Waals surface area (Å²) in [7, 11) is 3.08. The van der Waals surface area contributed by atoms with Gasteiger partial charge in [-0.15, -0.1) is 0 Å². The molecule has 0 unspecified atom stereocenters. The van der Waals surface area contributed by atoms with Crippen molar-refractivity contribution in [1.82, 2.24) is 0 Å². The van der Waals surface area contributed by atoms with Crippen molar-refractivity contribution in [3.63, 3.8) is 0 Å². The molecule has 6 nitrogen and oxygen atoms in total. The molecule has 4 aromatic rings. The van der Waals surface area contributed by atoms with Crippen molar-refractivity contribution in [3.05, 3.63) is 86.9 Å². The van der Waals surface area contributed by atoms with Crippen LogP contribution in [-0.4, -0.2) is 20.2 Å². The van der Waals surface area contributed by atoms with Crippen LogP contribution in [0.1, 0.15) is 21.9 Å². The van der Waals surface area contributed by atoms with Crippen LogP contribution >= 0.6 is 11.6 Å². The van der Waals surface area contributed by atoms with Crippen LogP contribution in [0.25, 0.3) is 21.9 Å². The van der Waals surface area contributed by atoms with E-state index in [1.807, 2.05) is 0 Å². The zero-order valence-corrected chi connectivity index (χ0v) is 19.3. The number of aryl methyl sites for hydroxylation is 2. The Morgan fingerprint density at radius 3 is 2.21 bits per heavy atom. The first kappa shape index (κ1) is 22.4. The smallest absolute Gasteiger partial charge is 0.343 e. The van der Waals surface area contributed by atoms with E-state index in [-0.39, 0.29) is 16.7 Å². The Balaban J connectivity index is 1.94. The highest BCUT2D eigenvalue weighted by atomic mass is 35.5. The van der Waals surface area contributed by atoms with Crippen molar-refractivity contribution in [2.24, 2.45) is 0 Å². The number of fused-ring (bicyclic) bond motifs is 1. The molecular weight excluding hydrogens is 444 g/mol. The van der Waals surface area contributed by atoms with Crippen molar-refractivity contribution in [2.45, 2.75) is 13.8 Å². The van der Waals surface area contributed by atoms with E-state index in [1.54, 1.807) is 63.4 Å². The number of benzene rings is 2. The summed E-state index contributed by atoms with van der Waals surface area (Å²) in [5.41, 5.74) is 1.27. The molecule has 0 saturated carbocycles. The van der Waals surface area contributed by atoms with Crippen molar-refractivity contribution >= 4 is 28.3 Å². The van der Waals surface area contributed by atoms with Crippen LogP contribution in [0.5, 0.6) is 17.2 Å². The highest BCUT2D eigenvalue weighted by molar-refractivity contribution is 6.30. The second-order valence-electron chi connectivity index (χ2n) is 7.41. The summed E-state index contributed by atoms with van der Waals surface area (Å²) in [5.74, 6) is 1.59. The first-order chi connectivity index (χ1) is 15.8. The topological polar surface area (TPSA) is 75.0 Å². The van der Waals surface area contributed by atoms with E-state index in [4.69, 9.17) is 30.2 Å². The maximum atomic E-state index is 13.2. The number of halogens is 1. The highest BCUT2D eigenvalue weighted by Gasteiger charge is 2.19. The Labute approximate surface area is 195 Å². The van der Waals surface area contributed by atoms with E-state index in [0.717, 1.165) is 0 Å². The van der Waals surface area contributed by atoms with Gasteiger partial charge in [-0.1, -0.05) is 23.7 Å². The average Bonchev–Trinajstić information content (AvgIpc) is 3.01. The van der Waals surface area contributed by atoms with E-state index < -0.39 is 5.97 Å². The van der Waals surface area contributed by atoms with Gasteiger partial charge in [0.1, 0.15) is 17.3 Å². The quantitative estimate of drug-likeness (QED) is 0.339. The van der Waals surface area contributed by atoms with Crippen LogP contribution in [0, 0.1) is 13.8 Å². The molecule has 0 atom stereocenters. The lowest BCUT2D eigenvalue weighted by atomic mass is 10.1. The van der Waals surface area contributed by atoms with Crippen LogP contribution in [-0.2, 0) is 0 Å². The van der Waals surface area contributed by atoms with Crippen molar-refractivity contribution in [2.75, 3.05) is 14.2 Å². The minimum atomic E-state index is -0.603. The predicted molar refractivity (Wildman–Crippen MR) is 127 cm³/mol. The van der Waals surface area contributed by atoms with Crippen LogP contribution < -0.4 is 19.6 Å². The van der Waals surface area contributed by atoms with E-state index in [0.29, 0.717) is 49.9 Å². The summed E-state index contributed by atoms with van der Waals surface area (Å²) in [5, 5.41) is 1.21. The molecule has 0 fully saturated rings. The van der Waals surface area contributed by atoms with Crippen LogP contribution in [0.15, 0.2) is 63.8 Å². The number of rotatable bonds is 5. The summed E-state index contributed by atoms with van der Waals surface area (Å²) in [6.45, 7) is 3.43. The van der Waals surface area contributed by atoms with Gasteiger partial charge in [-0.3, -0.25) is 4.79 Å². The Bertz CT molecular complexity index is 1440. The summed E-state index contributed by atoms with van der Waals surface area (Å²) < 4.78 is 22.2. The first-order valence-corrected chi connectivity index (χ1v) is 10.5. The van der Waals surface area contributed by atoms with E-state index >= 15 is 0 Å². The second kappa shape index (κ2) is 9.00. The minimum Gasteiger partial charge on any atom is -0.493 e. The molecule has 33 heavy (non-hydrogen) atoms. The molecule has 0 aliphatic rings. The monoisotopic (exact) mass is 464 g/mol. The standard InChI is InChI=1S/C26H21ClO6/c1-14-24-20(28)11-18(16-8-9-21(30-3)22(12-16)31-4)13-23(25(24)15(2)32-14)33-26(29)17-6-5-7-19(27)10-17/h5-13H,1-4H3. The lowest BCUT2D eigenvalue weighted by Crippen LogP contribution is -2.08. The van der Waals surface area contributed by atoms with Gasteiger partial charge in [0, 0.05) is 5.02 Å². The molecule has 0 spiro atoms. The molecule has 168 valence electrons. The lowest BCUT2D eigenvalue weighted by Gasteiger charge is -2.10. The number of ether oxygens (including phenoxy) is 3. The SMILES string of the molecule is COc1ccc(-c2cc(OC(=O)c3cccc(Cl)c3)c3c(C)oc(C)c3c(=O)c2)cc1OC. The first-order valence-electron chi connectivity index (χ1n) is 10.1. The Morgan fingerprint density at radius 1 is 0.818 bits per heavy atom. The summed E-state index contributed by atoms with van der Waals surface area (Å²) in [4.78, 5) is 26.1. The fraction of sp³-hybridized carbons (Fsp3) is 0.154. The molecule has 0 saturated heterocycles. The lowest BCUT2D eigenvalue weighted by molar-refractivity contribution is 0.0737. The largest absolute Gasteiger partial charge is 0.493 e. The third kappa shape index (κ3) is 4.30. The molecule has 0 bridgehead atoms. The van der Waals surface area contributed by atoms with Crippen molar-refractivity contribution < 1.29 is 23.4 Å². The summed E-state index contributed by atoms with van der Waals surface area (Å²) >= 11 is 6.03. The molecule has 0 radical (unpaired) electrons. The highest BCUT2D eigenvalue weighted by Crippen LogP contribution is 2.36. The van der Waals surface area contributed by atoms with Crippen molar-refractivity contribution in [3.8, 4) is 28.4 Å². The van der Waals surface area contributed by atoms with Crippen LogP contribution in [0.3, 0.4) is 0 Å². The minimum absolute atomic E-state index is 0.205. The Kier molecular flexibility index (Phi) is 6.11. The third-order valence-electron chi connectivity index (χ3n) is 5.31. The zero-order chi connectivity index (χ0) is 23.7. The molecule has 0 amide bonds. The fourth-order valence-corrected chi connectivity index (χ4v) is 3.97. The second-order valence-corrected chi connectivity index (χ2v) is 7.84. The molecule has 4 rings (SSSR count). The molecule has 7 heteroatoms. The van der Waals surface area contributed by atoms with Crippen LogP contribution in [0.4, 0.5) is 0 Å². The van der Waals surface area contributed by atoms with Gasteiger partial charge in [0.2, 0.25) is 0 Å². The zero-order valence-electron chi connectivity index (χ0n) is 18.5. The molecule has 0 N–H and O–H groups in total. The molecule has 1 heterocycles. The number of furan rings is 1. The van der Waals surface area contributed by atoms with Crippen LogP contribution in [0.2, 0.25) is 5.02 Å². The normalized spacial score (nSPS) is 10.8. The number of esters is 1. The van der Waals surface area contributed by atoms with Gasteiger partial charge in [-0.2, -0.15) is 0 Å². The molecular formula is C26H21ClO6. The third-order valence-corrected chi connectivity index (χ3v) is 5.54. The van der Waals surface area contributed by atoms with Gasteiger partial charge < -0.3 is 18.6 Å². The Hall–Kier alpha value is -3.77. The molecule has 1 aromatic heterocycles. The maximum Gasteiger partial charge on any atom is 0.343 e. The number of carbonyl (C=O) groups is 1. The fourth-order valence-electron chi connectivity index (χ4n) is 3.78. The van der Waals surface area contributed by atoms with E-state index in [9.17, 15) is 9.59 Å². The number of hydrogen-bond donors (Lipinski definition) is 0. The van der Waals surface area contributed by atoms with Gasteiger partial charge >= 0.3 is 5.97 Å². The summed E-state index contributed by atoms with van der Waals surface area (Å²) in [6.07, 6.45) is 0. The van der Waals surface area contributed by atoms with E-state index in [1.165, 1.54) is 19.2 Å². The van der Waals surface area contributed by atoms with Gasteiger partial charge in [0.25, 0.3) is 0 Å². The maximum absolute atomic E-state index is 13.2. The summed E-state index contributed by atoms with van der Waals surface area (Å²) in [6, 6.07) is 14.9. The number of carbonyl (C=O) groups excluding carboxylic acids is 1. The van der Waals surface area contributed by atoms with Gasteiger partial charge in [0.05, 0.1) is 30.6 Å². The average molecular weight is 465 g/mol. The molecule has 3 aromatic carbocycles. The molecule has 0 aliphatic carbocycles. The van der Waals surface area contributed by atoms with Gasteiger partial charge in [-0.05, 0) is 67.4 Å². The number of hydrogen-bond acceptors (Lipinski definition) is 6. The van der Waals surface area contributed by atoms with Crippen molar-refractivity contribution in [1.29, 1.82) is 0 Å². The molecule has 0 aliphatic heterocycles.